The molecule has 1 saturated carbocycles. The summed E-state index contributed by atoms with van der Waals surface area (Å²) >= 11 is 0. The fourth-order valence-corrected chi connectivity index (χ4v) is 1.92. The predicted molar refractivity (Wildman–Crippen MR) is 69.7 cm³/mol. The maximum Gasteiger partial charge on any atom is 0.0697 e. The van der Waals surface area contributed by atoms with E-state index in [0.717, 1.165) is 25.5 Å². The van der Waals surface area contributed by atoms with Crippen LogP contribution in [0.5, 0.6) is 0 Å². The molecule has 0 spiro atoms. The van der Waals surface area contributed by atoms with Crippen LogP contribution in [0.2, 0.25) is 0 Å². The van der Waals surface area contributed by atoms with Gasteiger partial charge in [-0.05, 0) is 39.5 Å². The molecular formula is C14H29NO. The van der Waals surface area contributed by atoms with E-state index in [1.165, 1.54) is 25.7 Å². The Morgan fingerprint density at radius 3 is 2.44 bits per heavy atom. The van der Waals surface area contributed by atoms with Crippen LogP contribution in [0.15, 0.2) is 0 Å². The number of nitrogens with one attached hydrogen (secondary N) is 1. The Balaban J connectivity index is 2.05. The number of ether oxygens (including phenoxy) is 1. The Labute approximate surface area is 101 Å². The maximum atomic E-state index is 5.93. The Morgan fingerprint density at radius 1 is 1.31 bits per heavy atom. The zero-order valence-electron chi connectivity index (χ0n) is 11.5. The molecule has 0 bridgehead atoms. The second-order valence-corrected chi connectivity index (χ2v) is 6.12. The van der Waals surface area contributed by atoms with E-state index in [1.54, 1.807) is 0 Å². The molecule has 1 aliphatic rings. The van der Waals surface area contributed by atoms with Gasteiger partial charge in [0.05, 0.1) is 6.10 Å². The van der Waals surface area contributed by atoms with Crippen molar-refractivity contribution in [2.45, 2.75) is 71.4 Å². The van der Waals surface area contributed by atoms with E-state index in [-0.39, 0.29) is 5.54 Å². The number of rotatable bonds is 7. The highest BCUT2D eigenvalue weighted by Gasteiger charge is 2.18. The first-order valence-corrected chi connectivity index (χ1v) is 6.88. The molecule has 0 aromatic carbocycles. The second kappa shape index (κ2) is 6.61. The molecule has 1 fully saturated rings. The van der Waals surface area contributed by atoms with E-state index >= 15 is 0 Å². The van der Waals surface area contributed by atoms with Crippen molar-refractivity contribution in [3.63, 3.8) is 0 Å². The molecule has 2 nitrogen and oxygen atoms in total. The van der Waals surface area contributed by atoms with Crippen LogP contribution in [0.3, 0.4) is 0 Å². The van der Waals surface area contributed by atoms with Crippen LogP contribution < -0.4 is 5.32 Å². The molecule has 0 aromatic rings. The minimum Gasteiger partial charge on any atom is -0.377 e. The van der Waals surface area contributed by atoms with E-state index in [2.05, 4.69) is 33.0 Å². The van der Waals surface area contributed by atoms with Gasteiger partial charge in [-0.25, -0.2) is 0 Å². The molecule has 0 saturated heterocycles. The van der Waals surface area contributed by atoms with Crippen LogP contribution in [0.4, 0.5) is 0 Å². The van der Waals surface area contributed by atoms with Crippen LogP contribution >= 0.6 is 0 Å². The van der Waals surface area contributed by atoms with Gasteiger partial charge in [0.15, 0.2) is 0 Å². The summed E-state index contributed by atoms with van der Waals surface area (Å²) in [5.74, 6) is 0.966. The van der Waals surface area contributed by atoms with E-state index in [1.807, 2.05) is 0 Å². The molecule has 1 N–H and O–H groups in total. The third kappa shape index (κ3) is 5.86. The highest BCUT2D eigenvalue weighted by Crippen LogP contribution is 2.29. The van der Waals surface area contributed by atoms with Crippen molar-refractivity contribution in [1.82, 2.24) is 5.32 Å². The molecule has 0 aliphatic heterocycles. The van der Waals surface area contributed by atoms with Crippen molar-refractivity contribution >= 4 is 0 Å². The zero-order valence-corrected chi connectivity index (χ0v) is 11.5. The predicted octanol–water partition coefficient (Wildman–Crippen LogP) is 3.36. The number of hydrogen-bond acceptors (Lipinski definition) is 2. The van der Waals surface area contributed by atoms with E-state index < -0.39 is 0 Å². The lowest BCUT2D eigenvalue weighted by Gasteiger charge is -2.27. The summed E-state index contributed by atoms with van der Waals surface area (Å²) in [7, 11) is 0. The maximum absolute atomic E-state index is 5.93. The van der Waals surface area contributed by atoms with Crippen LogP contribution in [0.25, 0.3) is 0 Å². The topological polar surface area (TPSA) is 21.3 Å². The van der Waals surface area contributed by atoms with Crippen LogP contribution in [0.1, 0.15) is 59.8 Å². The van der Waals surface area contributed by atoms with Gasteiger partial charge in [-0.3, -0.25) is 0 Å². The lowest BCUT2D eigenvalue weighted by molar-refractivity contribution is 0.0325. The lowest BCUT2D eigenvalue weighted by Crippen LogP contribution is -2.41. The molecule has 1 rings (SSSR count). The van der Waals surface area contributed by atoms with Crippen LogP contribution in [-0.2, 0) is 4.74 Å². The number of hydrogen-bond donors (Lipinski definition) is 1. The quantitative estimate of drug-likeness (QED) is 0.720. The van der Waals surface area contributed by atoms with Crippen molar-refractivity contribution < 1.29 is 4.74 Å². The van der Waals surface area contributed by atoms with Gasteiger partial charge in [-0.2, -0.15) is 0 Å². The van der Waals surface area contributed by atoms with Crippen molar-refractivity contribution in [1.29, 1.82) is 0 Å². The van der Waals surface area contributed by atoms with E-state index in [0.29, 0.717) is 6.10 Å². The summed E-state index contributed by atoms with van der Waals surface area (Å²) in [5, 5.41) is 3.51. The van der Waals surface area contributed by atoms with Crippen molar-refractivity contribution in [3.8, 4) is 0 Å². The second-order valence-electron chi connectivity index (χ2n) is 6.12. The Kier molecular flexibility index (Phi) is 5.77. The van der Waals surface area contributed by atoms with Crippen molar-refractivity contribution in [3.05, 3.63) is 0 Å². The van der Waals surface area contributed by atoms with Gasteiger partial charge in [0, 0.05) is 18.7 Å². The third-order valence-corrected chi connectivity index (χ3v) is 3.42. The largest absolute Gasteiger partial charge is 0.377 e. The summed E-state index contributed by atoms with van der Waals surface area (Å²) in [6.07, 6.45) is 7.06. The Bertz CT molecular complexity index is 182. The molecule has 0 radical (unpaired) electrons. The van der Waals surface area contributed by atoms with E-state index in [9.17, 15) is 0 Å². The Hall–Kier alpha value is -0.0800. The first-order chi connectivity index (χ1) is 7.51. The standard InChI is InChI=1S/C14H29NO/c1-5-13(11-15-14(2,3)4)16-10-9-12-7-6-8-12/h12-13,15H,5-11H2,1-4H3. The minimum atomic E-state index is 0.199. The average molecular weight is 227 g/mol. The fraction of sp³-hybridized carbons (Fsp3) is 1.00. The highest BCUT2D eigenvalue weighted by molar-refractivity contribution is 4.73. The molecule has 1 aliphatic carbocycles. The minimum absolute atomic E-state index is 0.199. The summed E-state index contributed by atoms with van der Waals surface area (Å²) < 4.78 is 5.93. The monoisotopic (exact) mass is 227 g/mol. The third-order valence-electron chi connectivity index (χ3n) is 3.42. The molecular weight excluding hydrogens is 198 g/mol. The van der Waals surface area contributed by atoms with Gasteiger partial charge >= 0.3 is 0 Å². The molecule has 96 valence electrons. The first-order valence-electron chi connectivity index (χ1n) is 6.88. The van der Waals surface area contributed by atoms with Crippen LogP contribution in [-0.4, -0.2) is 24.8 Å². The lowest BCUT2D eigenvalue weighted by atomic mass is 9.83. The first kappa shape index (κ1) is 14.0. The van der Waals surface area contributed by atoms with Gasteiger partial charge in [0.1, 0.15) is 0 Å². The summed E-state index contributed by atoms with van der Waals surface area (Å²) in [5.41, 5.74) is 0.199. The SMILES string of the molecule is CCC(CNC(C)(C)C)OCCC1CCC1. The summed E-state index contributed by atoms with van der Waals surface area (Å²) in [6, 6.07) is 0. The van der Waals surface area contributed by atoms with Crippen molar-refractivity contribution in [2.24, 2.45) is 5.92 Å². The molecule has 1 unspecified atom stereocenters. The van der Waals surface area contributed by atoms with Crippen molar-refractivity contribution in [2.75, 3.05) is 13.2 Å². The summed E-state index contributed by atoms with van der Waals surface area (Å²) in [6.45, 7) is 10.7. The Morgan fingerprint density at radius 2 is 2.00 bits per heavy atom. The molecule has 2 heteroatoms. The molecule has 0 heterocycles. The molecule has 0 amide bonds. The van der Waals surface area contributed by atoms with Gasteiger partial charge < -0.3 is 10.1 Å². The zero-order chi connectivity index (χ0) is 12.0. The molecule has 1 atom stereocenters. The summed E-state index contributed by atoms with van der Waals surface area (Å²) in [4.78, 5) is 0. The van der Waals surface area contributed by atoms with Gasteiger partial charge in [-0.15, -0.1) is 0 Å². The van der Waals surface area contributed by atoms with Crippen LogP contribution in [0, 0.1) is 5.92 Å². The normalized spacial score (nSPS) is 19.5. The fourth-order valence-electron chi connectivity index (χ4n) is 1.92. The van der Waals surface area contributed by atoms with Gasteiger partial charge in [-0.1, -0.05) is 26.2 Å². The average Bonchev–Trinajstić information content (AvgIpc) is 2.12. The van der Waals surface area contributed by atoms with E-state index in [4.69, 9.17) is 4.74 Å². The van der Waals surface area contributed by atoms with Gasteiger partial charge in [0.25, 0.3) is 0 Å². The molecule has 0 aromatic heterocycles. The molecule has 16 heavy (non-hydrogen) atoms. The highest BCUT2D eigenvalue weighted by atomic mass is 16.5. The van der Waals surface area contributed by atoms with Gasteiger partial charge in [0.2, 0.25) is 0 Å². The smallest absolute Gasteiger partial charge is 0.0697 e.